The maximum atomic E-state index is 11.5. The number of rotatable bonds is 6. The zero-order valence-corrected chi connectivity index (χ0v) is 12.3. The number of ether oxygens (including phenoxy) is 3. The molecule has 0 heterocycles. The van der Waals surface area contributed by atoms with Crippen LogP contribution in [0.1, 0.15) is 0 Å². The number of esters is 2. The predicted octanol–water partition coefficient (Wildman–Crippen LogP) is 2.87. The Morgan fingerprint density at radius 2 is 1.27 bits per heavy atom. The van der Waals surface area contributed by atoms with Crippen LogP contribution < -0.4 is 9.47 Å². The third kappa shape index (κ3) is 5.46. The van der Waals surface area contributed by atoms with E-state index in [2.05, 4.69) is 4.74 Å². The number of hydrogen-bond donors (Lipinski definition) is 0. The number of benzene rings is 2. The molecule has 2 aromatic carbocycles. The lowest BCUT2D eigenvalue weighted by molar-refractivity contribution is -0.162. The van der Waals surface area contributed by atoms with Gasteiger partial charge < -0.3 is 14.2 Å². The normalized spacial score (nSPS) is 9.86. The van der Waals surface area contributed by atoms with Crippen molar-refractivity contribution in [3.05, 3.63) is 59.6 Å². The van der Waals surface area contributed by atoms with Crippen molar-refractivity contribution in [3.8, 4) is 11.5 Å². The van der Waals surface area contributed by atoms with Crippen LogP contribution in [-0.2, 0) is 14.3 Å². The second-order valence-corrected chi connectivity index (χ2v) is 4.63. The van der Waals surface area contributed by atoms with Gasteiger partial charge in [-0.1, -0.05) is 29.8 Å². The van der Waals surface area contributed by atoms with E-state index >= 15 is 0 Å². The summed E-state index contributed by atoms with van der Waals surface area (Å²) in [5.74, 6) is -0.608. The molecule has 0 saturated heterocycles. The monoisotopic (exact) mass is 320 g/mol. The molecule has 0 fully saturated rings. The fourth-order valence-corrected chi connectivity index (χ4v) is 1.64. The Labute approximate surface area is 132 Å². The standard InChI is InChI=1S/C16H13ClO5/c17-12-6-8-14(9-7-12)21-11-16(19)22-15(18)10-20-13-4-2-1-3-5-13/h1-9H,10-11H2. The van der Waals surface area contributed by atoms with Crippen molar-refractivity contribution >= 4 is 23.5 Å². The second-order valence-electron chi connectivity index (χ2n) is 4.19. The van der Waals surface area contributed by atoms with E-state index in [1.807, 2.05) is 6.07 Å². The molecule has 0 saturated carbocycles. The van der Waals surface area contributed by atoms with E-state index in [1.54, 1.807) is 48.5 Å². The molecule has 114 valence electrons. The Morgan fingerprint density at radius 3 is 1.82 bits per heavy atom. The molecule has 0 radical (unpaired) electrons. The minimum atomic E-state index is -0.795. The van der Waals surface area contributed by atoms with Crippen molar-refractivity contribution in [1.82, 2.24) is 0 Å². The van der Waals surface area contributed by atoms with Crippen LogP contribution >= 0.6 is 11.6 Å². The number of para-hydroxylation sites is 1. The smallest absolute Gasteiger partial charge is 0.351 e. The molecule has 0 atom stereocenters. The zero-order valence-electron chi connectivity index (χ0n) is 11.5. The summed E-state index contributed by atoms with van der Waals surface area (Å²) in [6, 6.07) is 15.2. The van der Waals surface area contributed by atoms with Gasteiger partial charge in [0.1, 0.15) is 11.5 Å². The Balaban J connectivity index is 1.70. The molecule has 22 heavy (non-hydrogen) atoms. The van der Waals surface area contributed by atoms with Gasteiger partial charge in [-0.25, -0.2) is 9.59 Å². The van der Waals surface area contributed by atoms with Gasteiger partial charge in [-0.2, -0.15) is 0 Å². The Hall–Kier alpha value is -2.53. The van der Waals surface area contributed by atoms with Crippen LogP contribution in [0.3, 0.4) is 0 Å². The highest BCUT2D eigenvalue weighted by Crippen LogP contribution is 2.15. The topological polar surface area (TPSA) is 61.8 Å². The number of carbonyl (C=O) groups excluding carboxylic acids is 2. The average molecular weight is 321 g/mol. The highest BCUT2D eigenvalue weighted by atomic mass is 35.5. The van der Waals surface area contributed by atoms with Gasteiger partial charge in [-0.3, -0.25) is 0 Å². The fourth-order valence-electron chi connectivity index (χ4n) is 1.52. The Morgan fingerprint density at radius 1 is 0.773 bits per heavy atom. The molecule has 0 unspecified atom stereocenters. The van der Waals surface area contributed by atoms with E-state index in [-0.39, 0.29) is 13.2 Å². The molecule has 0 aliphatic rings. The van der Waals surface area contributed by atoms with Gasteiger partial charge >= 0.3 is 11.9 Å². The van der Waals surface area contributed by atoms with Gasteiger partial charge in [0.15, 0.2) is 13.2 Å². The summed E-state index contributed by atoms with van der Waals surface area (Å²) in [5, 5.41) is 0.558. The summed E-state index contributed by atoms with van der Waals surface area (Å²) in [4.78, 5) is 22.9. The summed E-state index contributed by atoms with van der Waals surface area (Å²) in [6.07, 6.45) is 0. The summed E-state index contributed by atoms with van der Waals surface area (Å²) in [6.45, 7) is -0.727. The van der Waals surface area contributed by atoms with Gasteiger partial charge in [-0.05, 0) is 36.4 Å². The minimum Gasteiger partial charge on any atom is -0.482 e. The third-order valence-electron chi connectivity index (χ3n) is 2.50. The minimum absolute atomic E-state index is 0.350. The summed E-state index contributed by atoms with van der Waals surface area (Å²) < 4.78 is 14.9. The molecule has 0 aliphatic heterocycles. The molecule has 2 aromatic rings. The summed E-state index contributed by atoms with van der Waals surface area (Å²) >= 11 is 5.72. The van der Waals surface area contributed by atoms with Crippen LogP contribution in [0, 0.1) is 0 Å². The van der Waals surface area contributed by atoms with Crippen molar-refractivity contribution < 1.29 is 23.8 Å². The first-order chi connectivity index (χ1) is 10.6. The number of halogens is 1. The van der Waals surface area contributed by atoms with Gasteiger partial charge in [0, 0.05) is 5.02 Å². The summed E-state index contributed by atoms with van der Waals surface area (Å²) in [7, 11) is 0. The first-order valence-electron chi connectivity index (χ1n) is 6.43. The van der Waals surface area contributed by atoms with Crippen molar-refractivity contribution in [2.24, 2.45) is 0 Å². The molecular weight excluding hydrogens is 308 g/mol. The fraction of sp³-hybridized carbons (Fsp3) is 0.125. The van der Waals surface area contributed by atoms with Gasteiger partial charge in [0.2, 0.25) is 0 Å². The Bertz CT molecular complexity index is 625. The molecule has 0 amide bonds. The van der Waals surface area contributed by atoms with Crippen LogP contribution in [0.25, 0.3) is 0 Å². The molecule has 0 aromatic heterocycles. The van der Waals surface area contributed by atoms with Crippen molar-refractivity contribution in [2.45, 2.75) is 0 Å². The average Bonchev–Trinajstić information content (AvgIpc) is 2.53. The maximum Gasteiger partial charge on any atom is 0.351 e. The first-order valence-corrected chi connectivity index (χ1v) is 6.81. The lowest BCUT2D eigenvalue weighted by Crippen LogP contribution is -2.23. The van der Waals surface area contributed by atoms with Gasteiger partial charge in [0.05, 0.1) is 0 Å². The Kier molecular flexibility index (Phi) is 5.80. The number of hydrogen-bond acceptors (Lipinski definition) is 5. The van der Waals surface area contributed by atoms with E-state index in [0.29, 0.717) is 16.5 Å². The van der Waals surface area contributed by atoms with Crippen LogP contribution in [0.2, 0.25) is 5.02 Å². The molecule has 6 heteroatoms. The van der Waals surface area contributed by atoms with Crippen LogP contribution in [0.15, 0.2) is 54.6 Å². The van der Waals surface area contributed by atoms with E-state index in [9.17, 15) is 9.59 Å². The van der Waals surface area contributed by atoms with Gasteiger partial charge in [0.25, 0.3) is 0 Å². The third-order valence-corrected chi connectivity index (χ3v) is 2.75. The number of carbonyl (C=O) groups is 2. The highest BCUT2D eigenvalue weighted by molar-refractivity contribution is 6.30. The molecule has 0 aliphatic carbocycles. The van der Waals surface area contributed by atoms with Crippen molar-refractivity contribution in [1.29, 1.82) is 0 Å². The molecular formula is C16H13ClO5. The van der Waals surface area contributed by atoms with E-state index in [1.165, 1.54) is 0 Å². The molecule has 2 rings (SSSR count). The molecule has 5 nitrogen and oxygen atoms in total. The van der Waals surface area contributed by atoms with E-state index in [4.69, 9.17) is 21.1 Å². The lowest BCUT2D eigenvalue weighted by atomic mass is 10.3. The predicted molar refractivity (Wildman–Crippen MR) is 80.0 cm³/mol. The first kappa shape index (κ1) is 15.9. The van der Waals surface area contributed by atoms with Crippen LogP contribution in [-0.4, -0.2) is 25.2 Å². The van der Waals surface area contributed by atoms with Crippen molar-refractivity contribution in [2.75, 3.05) is 13.2 Å². The van der Waals surface area contributed by atoms with E-state index < -0.39 is 11.9 Å². The van der Waals surface area contributed by atoms with Crippen molar-refractivity contribution in [3.63, 3.8) is 0 Å². The SMILES string of the molecule is O=C(COc1ccccc1)OC(=O)COc1ccc(Cl)cc1. The molecule has 0 bridgehead atoms. The summed E-state index contributed by atoms with van der Waals surface area (Å²) in [5.41, 5.74) is 0. The van der Waals surface area contributed by atoms with Gasteiger partial charge in [-0.15, -0.1) is 0 Å². The molecule has 0 spiro atoms. The second kappa shape index (κ2) is 8.05. The quantitative estimate of drug-likeness (QED) is 0.605. The molecule has 0 N–H and O–H groups in total. The lowest BCUT2D eigenvalue weighted by Gasteiger charge is -2.07. The largest absolute Gasteiger partial charge is 0.482 e. The highest BCUT2D eigenvalue weighted by Gasteiger charge is 2.12. The zero-order chi connectivity index (χ0) is 15.8. The maximum absolute atomic E-state index is 11.5. The van der Waals surface area contributed by atoms with Crippen LogP contribution in [0.4, 0.5) is 0 Å². The van der Waals surface area contributed by atoms with E-state index in [0.717, 1.165) is 0 Å². The van der Waals surface area contributed by atoms with Crippen LogP contribution in [0.5, 0.6) is 11.5 Å².